The fraction of sp³-hybridized carbons (Fsp3) is 0.174. The average molecular weight is 499 g/mol. The number of hydrogen-bond acceptors (Lipinski definition) is 8. The standard InChI is InChI=1S/C23H22N4O5S2/c1-15-3-4-18(13-20(15)34(29,30)27-17-5-7-19(31-2)8-6-17)24-21(28)9-10-22-25-23(26-32-22)16-11-12-33-14-16/h3-8,11-14,27H,9-10H2,1-2H3,(H,24,28). The monoisotopic (exact) mass is 498 g/mol. The number of carbonyl (C=O) groups is 1. The van der Waals surface area contributed by atoms with Crippen LogP contribution in [-0.2, 0) is 21.2 Å². The highest BCUT2D eigenvalue weighted by Crippen LogP contribution is 2.24. The Morgan fingerprint density at radius 1 is 1.12 bits per heavy atom. The summed E-state index contributed by atoms with van der Waals surface area (Å²) in [5.74, 6) is 1.15. The van der Waals surface area contributed by atoms with Crippen LogP contribution in [0.2, 0.25) is 0 Å². The Balaban J connectivity index is 1.40. The van der Waals surface area contributed by atoms with E-state index in [1.807, 2.05) is 16.8 Å². The first-order chi connectivity index (χ1) is 16.3. The third-order valence-corrected chi connectivity index (χ3v) is 7.12. The Morgan fingerprint density at radius 3 is 2.59 bits per heavy atom. The lowest BCUT2D eigenvalue weighted by Gasteiger charge is -2.13. The van der Waals surface area contributed by atoms with Gasteiger partial charge in [0.25, 0.3) is 10.0 Å². The van der Waals surface area contributed by atoms with E-state index in [1.165, 1.54) is 24.5 Å². The van der Waals surface area contributed by atoms with Gasteiger partial charge in [-0.05, 0) is 60.3 Å². The summed E-state index contributed by atoms with van der Waals surface area (Å²) in [7, 11) is -2.34. The van der Waals surface area contributed by atoms with Crippen molar-refractivity contribution in [3.63, 3.8) is 0 Å². The molecule has 0 saturated heterocycles. The van der Waals surface area contributed by atoms with Gasteiger partial charge in [-0.1, -0.05) is 11.2 Å². The second kappa shape index (κ2) is 10.1. The van der Waals surface area contributed by atoms with Gasteiger partial charge in [-0.25, -0.2) is 8.42 Å². The molecule has 2 heterocycles. The van der Waals surface area contributed by atoms with Gasteiger partial charge in [0.1, 0.15) is 5.75 Å². The number of amides is 1. The molecule has 176 valence electrons. The number of benzene rings is 2. The molecule has 0 atom stereocenters. The zero-order valence-electron chi connectivity index (χ0n) is 18.4. The van der Waals surface area contributed by atoms with E-state index in [-0.39, 0.29) is 23.6 Å². The SMILES string of the molecule is COc1ccc(NS(=O)(=O)c2cc(NC(=O)CCc3nc(-c4ccsc4)no3)ccc2C)cc1. The van der Waals surface area contributed by atoms with Crippen LogP contribution in [0.1, 0.15) is 17.9 Å². The van der Waals surface area contributed by atoms with E-state index in [4.69, 9.17) is 9.26 Å². The maximum atomic E-state index is 12.9. The van der Waals surface area contributed by atoms with Crippen molar-refractivity contribution in [2.24, 2.45) is 0 Å². The first-order valence-corrected chi connectivity index (χ1v) is 12.7. The van der Waals surface area contributed by atoms with Crippen molar-refractivity contribution in [1.29, 1.82) is 0 Å². The average Bonchev–Trinajstić information content (AvgIpc) is 3.51. The number of thiophene rings is 1. The summed E-state index contributed by atoms with van der Waals surface area (Å²) >= 11 is 1.53. The van der Waals surface area contributed by atoms with Crippen molar-refractivity contribution in [1.82, 2.24) is 10.1 Å². The Kier molecular flexibility index (Phi) is 6.94. The molecule has 2 aromatic heterocycles. The minimum absolute atomic E-state index is 0.0680. The molecule has 0 radical (unpaired) electrons. The number of nitrogens with one attached hydrogen (secondary N) is 2. The van der Waals surface area contributed by atoms with Gasteiger partial charge in [-0.15, -0.1) is 0 Å². The zero-order chi connectivity index (χ0) is 24.1. The highest BCUT2D eigenvalue weighted by atomic mass is 32.2. The van der Waals surface area contributed by atoms with E-state index in [0.29, 0.717) is 34.4 Å². The molecular formula is C23H22N4O5S2. The number of methoxy groups -OCH3 is 1. The van der Waals surface area contributed by atoms with Crippen LogP contribution in [0.3, 0.4) is 0 Å². The normalized spacial score (nSPS) is 11.2. The number of sulfonamides is 1. The maximum Gasteiger partial charge on any atom is 0.262 e. The van der Waals surface area contributed by atoms with Crippen molar-refractivity contribution >= 4 is 38.6 Å². The molecule has 0 saturated carbocycles. The third-order valence-electron chi connectivity index (χ3n) is 4.92. The number of carbonyl (C=O) groups excluding carboxylic acids is 1. The molecule has 34 heavy (non-hydrogen) atoms. The van der Waals surface area contributed by atoms with Crippen molar-refractivity contribution in [3.05, 3.63) is 70.7 Å². The summed E-state index contributed by atoms with van der Waals surface area (Å²) in [6.07, 6.45) is 0.365. The number of rotatable bonds is 9. The van der Waals surface area contributed by atoms with Gasteiger partial charge >= 0.3 is 0 Å². The van der Waals surface area contributed by atoms with Gasteiger partial charge in [0.2, 0.25) is 17.6 Å². The molecule has 0 aliphatic rings. The lowest BCUT2D eigenvalue weighted by molar-refractivity contribution is -0.116. The molecule has 11 heteroatoms. The van der Waals surface area contributed by atoms with Crippen molar-refractivity contribution in [3.8, 4) is 17.1 Å². The van der Waals surface area contributed by atoms with Crippen LogP contribution in [0, 0.1) is 6.92 Å². The summed E-state index contributed by atoms with van der Waals surface area (Å²) in [5, 5.41) is 10.5. The largest absolute Gasteiger partial charge is 0.497 e. The number of anilines is 2. The molecule has 2 N–H and O–H groups in total. The predicted octanol–water partition coefficient (Wildman–Crippen LogP) is 4.49. The van der Waals surface area contributed by atoms with Crippen molar-refractivity contribution in [2.75, 3.05) is 17.1 Å². The second-order valence-electron chi connectivity index (χ2n) is 7.39. The van der Waals surface area contributed by atoms with E-state index in [1.54, 1.807) is 43.3 Å². The van der Waals surface area contributed by atoms with Crippen LogP contribution in [0.4, 0.5) is 11.4 Å². The van der Waals surface area contributed by atoms with Crippen LogP contribution < -0.4 is 14.8 Å². The molecule has 4 aromatic rings. The maximum absolute atomic E-state index is 12.9. The molecule has 4 rings (SSSR count). The predicted molar refractivity (Wildman–Crippen MR) is 130 cm³/mol. The summed E-state index contributed by atoms with van der Waals surface area (Å²) in [6.45, 7) is 1.69. The summed E-state index contributed by atoms with van der Waals surface area (Å²) < 4.78 is 38.7. The molecule has 0 unspecified atom stereocenters. The molecule has 1 amide bonds. The minimum Gasteiger partial charge on any atom is -0.497 e. The van der Waals surface area contributed by atoms with Gasteiger partial charge < -0.3 is 14.6 Å². The summed E-state index contributed by atoms with van der Waals surface area (Å²) in [6, 6.07) is 13.2. The first kappa shape index (κ1) is 23.5. The number of ether oxygens (including phenoxy) is 1. The van der Waals surface area contributed by atoms with Crippen LogP contribution in [0.25, 0.3) is 11.4 Å². The molecule has 9 nitrogen and oxygen atoms in total. The molecule has 0 bridgehead atoms. The van der Waals surface area contributed by atoms with Crippen LogP contribution in [-0.4, -0.2) is 31.6 Å². The van der Waals surface area contributed by atoms with Gasteiger partial charge in [-0.3, -0.25) is 9.52 Å². The van der Waals surface area contributed by atoms with Crippen molar-refractivity contribution < 1.29 is 22.5 Å². The van der Waals surface area contributed by atoms with E-state index >= 15 is 0 Å². The molecule has 0 spiro atoms. The lowest BCUT2D eigenvalue weighted by Crippen LogP contribution is -2.16. The quantitative estimate of drug-likeness (QED) is 0.348. The van der Waals surface area contributed by atoms with Crippen LogP contribution >= 0.6 is 11.3 Å². The number of aromatic nitrogens is 2. The fourth-order valence-electron chi connectivity index (χ4n) is 3.15. The molecule has 0 aliphatic carbocycles. The fourth-order valence-corrected chi connectivity index (χ4v) is 5.11. The third kappa shape index (κ3) is 5.61. The van der Waals surface area contributed by atoms with Crippen LogP contribution in [0.5, 0.6) is 5.75 Å². The van der Waals surface area contributed by atoms with Crippen molar-refractivity contribution in [2.45, 2.75) is 24.7 Å². The van der Waals surface area contributed by atoms with Gasteiger partial charge in [0.15, 0.2) is 0 Å². The molecule has 2 aromatic carbocycles. The van der Waals surface area contributed by atoms with E-state index < -0.39 is 10.0 Å². The first-order valence-electron chi connectivity index (χ1n) is 10.3. The van der Waals surface area contributed by atoms with Gasteiger partial charge in [0.05, 0.1) is 12.0 Å². The Labute approximate surface area is 200 Å². The van der Waals surface area contributed by atoms with Crippen LogP contribution in [0.15, 0.2) is 68.7 Å². The smallest absolute Gasteiger partial charge is 0.262 e. The number of aryl methyl sites for hydroxylation is 2. The topological polar surface area (TPSA) is 123 Å². The molecule has 0 fully saturated rings. The Bertz CT molecular complexity index is 1380. The Morgan fingerprint density at radius 2 is 1.88 bits per heavy atom. The minimum atomic E-state index is -3.87. The van der Waals surface area contributed by atoms with E-state index in [0.717, 1.165) is 5.56 Å². The second-order valence-corrected chi connectivity index (χ2v) is 9.82. The summed E-state index contributed by atoms with van der Waals surface area (Å²) in [4.78, 5) is 16.8. The van der Waals surface area contributed by atoms with Gasteiger partial charge in [-0.2, -0.15) is 16.3 Å². The number of nitrogens with zero attached hydrogens (tertiary/aromatic N) is 2. The molecular weight excluding hydrogens is 476 g/mol. The number of hydrogen-bond donors (Lipinski definition) is 2. The lowest BCUT2D eigenvalue weighted by atomic mass is 10.2. The zero-order valence-corrected chi connectivity index (χ0v) is 20.1. The Hall–Kier alpha value is -3.70. The molecule has 0 aliphatic heterocycles. The van der Waals surface area contributed by atoms with Gasteiger partial charge in [0, 0.05) is 35.2 Å². The van der Waals surface area contributed by atoms with E-state index in [9.17, 15) is 13.2 Å². The highest BCUT2D eigenvalue weighted by Gasteiger charge is 2.19. The highest BCUT2D eigenvalue weighted by molar-refractivity contribution is 7.92. The summed E-state index contributed by atoms with van der Waals surface area (Å²) in [5.41, 5.74) is 2.18. The van der Waals surface area contributed by atoms with E-state index in [2.05, 4.69) is 20.2 Å².